The van der Waals surface area contributed by atoms with Crippen LogP contribution in [0.3, 0.4) is 0 Å². The Labute approximate surface area is 235 Å². The molecule has 2 rings (SSSR count). The van der Waals surface area contributed by atoms with E-state index in [1.165, 1.54) is 0 Å². The summed E-state index contributed by atoms with van der Waals surface area (Å²) in [4.78, 5) is 25.9. The van der Waals surface area contributed by atoms with Crippen LogP contribution in [0.5, 0.6) is 11.5 Å². The second-order valence-electron chi connectivity index (χ2n) is 9.99. The predicted octanol–water partition coefficient (Wildman–Crippen LogP) is 5.93. The molecule has 0 aliphatic heterocycles. The van der Waals surface area contributed by atoms with Gasteiger partial charge in [-0.05, 0) is 54.7 Å². The van der Waals surface area contributed by atoms with Crippen LogP contribution in [0.1, 0.15) is 39.7 Å². The number of carboxylic acid groups (broad SMARTS) is 1. The van der Waals surface area contributed by atoms with Crippen molar-refractivity contribution in [1.29, 1.82) is 0 Å². The average molecular weight is 570 g/mol. The second-order valence-corrected chi connectivity index (χ2v) is 10.9. The van der Waals surface area contributed by atoms with Crippen molar-refractivity contribution in [1.82, 2.24) is 10.2 Å². The molecule has 0 heterocycles. The summed E-state index contributed by atoms with van der Waals surface area (Å²) in [6.45, 7) is 10.4. The Morgan fingerprint density at radius 1 is 0.974 bits per heavy atom. The standard InChI is InChI=1S/C28H38Cl2N2O6/c1-5-36-25(26(33)34)15-20-7-9-23(10-8-20)38-14-12-32(27(35)31-19-28(2,3)4)11-6-13-37-24-17-21(29)16-22(30)18-24/h7-10,16-18,25H,5-6,11-15,19H2,1-4H3,(H,31,35)(H,33,34). The topological polar surface area (TPSA) is 97.3 Å². The lowest BCUT2D eigenvalue weighted by molar-refractivity contribution is -0.149. The summed E-state index contributed by atoms with van der Waals surface area (Å²) in [7, 11) is 0. The van der Waals surface area contributed by atoms with Crippen molar-refractivity contribution in [3.63, 3.8) is 0 Å². The van der Waals surface area contributed by atoms with Crippen LogP contribution in [-0.4, -0.2) is 67.6 Å². The first-order valence-electron chi connectivity index (χ1n) is 12.6. The van der Waals surface area contributed by atoms with Gasteiger partial charge in [0, 0.05) is 36.2 Å². The van der Waals surface area contributed by atoms with Gasteiger partial charge < -0.3 is 29.5 Å². The molecular formula is C28H38Cl2N2O6. The Balaban J connectivity index is 1.89. The molecule has 8 nitrogen and oxygen atoms in total. The van der Waals surface area contributed by atoms with Gasteiger partial charge in [0.25, 0.3) is 0 Å². The molecule has 0 aliphatic carbocycles. The van der Waals surface area contributed by atoms with E-state index in [0.717, 1.165) is 5.56 Å². The van der Waals surface area contributed by atoms with Crippen LogP contribution in [-0.2, 0) is 16.0 Å². The van der Waals surface area contributed by atoms with Crippen molar-refractivity contribution in [2.75, 3.05) is 39.5 Å². The number of benzene rings is 2. The quantitative estimate of drug-likeness (QED) is 0.258. The number of urea groups is 1. The van der Waals surface area contributed by atoms with Gasteiger partial charge in [-0.2, -0.15) is 0 Å². The molecule has 38 heavy (non-hydrogen) atoms. The number of halogens is 2. The van der Waals surface area contributed by atoms with Crippen LogP contribution in [0.15, 0.2) is 42.5 Å². The largest absolute Gasteiger partial charge is 0.493 e. The predicted molar refractivity (Wildman–Crippen MR) is 150 cm³/mol. The molecule has 2 amide bonds. The molecule has 2 aromatic rings. The maximum atomic E-state index is 12.9. The highest BCUT2D eigenvalue weighted by atomic mass is 35.5. The van der Waals surface area contributed by atoms with E-state index in [1.807, 2.05) is 12.1 Å². The van der Waals surface area contributed by atoms with Crippen LogP contribution < -0.4 is 14.8 Å². The molecule has 210 valence electrons. The molecular weight excluding hydrogens is 531 g/mol. The first-order chi connectivity index (χ1) is 18.0. The molecule has 10 heteroatoms. The van der Waals surface area contributed by atoms with E-state index in [9.17, 15) is 14.7 Å². The van der Waals surface area contributed by atoms with E-state index in [4.69, 9.17) is 37.4 Å². The lowest BCUT2D eigenvalue weighted by Crippen LogP contribution is -2.45. The minimum absolute atomic E-state index is 0.0453. The number of amides is 2. The van der Waals surface area contributed by atoms with Crippen LogP contribution in [0.25, 0.3) is 0 Å². The molecule has 0 radical (unpaired) electrons. The third-order valence-electron chi connectivity index (χ3n) is 5.35. The highest BCUT2D eigenvalue weighted by Gasteiger charge is 2.19. The first kappa shape index (κ1) is 31.5. The van der Waals surface area contributed by atoms with Gasteiger partial charge in [0.15, 0.2) is 6.10 Å². The minimum atomic E-state index is -0.987. The number of nitrogens with zero attached hydrogens (tertiary/aromatic N) is 1. The lowest BCUT2D eigenvalue weighted by Gasteiger charge is -2.26. The Morgan fingerprint density at radius 2 is 1.61 bits per heavy atom. The first-order valence-corrected chi connectivity index (χ1v) is 13.4. The van der Waals surface area contributed by atoms with Gasteiger partial charge in [-0.15, -0.1) is 0 Å². The van der Waals surface area contributed by atoms with Gasteiger partial charge in [0.05, 0.1) is 13.2 Å². The van der Waals surface area contributed by atoms with Crippen LogP contribution in [0, 0.1) is 5.41 Å². The Bertz CT molecular complexity index is 1010. The van der Waals surface area contributed by atoms with Crippen LogP contribution in [0.2, 0.25) is 10.0 Å². The monoisotopic (exact) mass is 568 g/mol. The maximum Gasteiger partial charge on any atom is 0.333 e. The molecule has 0 spiro atoms. The van der Waals surface area contributed by atoms with E-state index in [-0.39, 0.29) is 17.9 Å². The van der Waals surface area contributed by atoms with Gasteiger partial charge in [-0.3, -0.25) is 0 Å². The number of carbonyl (C=O) groups excluding carboxylic acids is 1. The Hall–Kier alpha value is -2.68. The second kappa shape index (κ2) is 15.7. The van der Waals surface area contributed by atoms with Crippen LogP contribution in [0.4, 0.5) is 4.79 Å². The Morgan fingerprint density at radius 3 is 2.18 bits per heavy atom. The fourth-order valence-corrected chi connectivity index (χ4v) is 3.96. The average Bonchev–Trinajstić information content (AvgIpc) is 2.83. The number of rotatable bonds is 15. The van der Waals surface area contributed by atoms with E-state index >= 15 is 0 Å². The number of nitrogens with one attached hydrogen (secondary N) is 1. The van der Waals surface area contributed by atoms with Gasteiger partial charge in [0.2, 0.25) is 0 Å². The number of ether oxygens (including phenoxy) is 3. The summed E-state index contributed by atoms with van der Waals surface area (Å²) >= 11 is 12.0. The van der Waals surface area contributed by atoms with Gasteiger partial charge in [-0.25, -0.2) is 9.59 Å². The zero-order chi connectivity index (χ0) is 28.1. The summed E-state index contributed by atoms with van der Waals surface area (Å²) in [5, 5.41) is 13.2. The van der Waals surface area contributed by atoms with Gasteiger partial charge >= 0.3 is 12.0 Å². The fourth-order valence-electron chi connectivity index (χ4n) is 3.45. The lowest BCUT2D eigenvalue weighted by atomic mass is 9.97. The summed E-state index contributed by atoms with van der Waals surface area (Å²) in [6, 6.07) is 12.1. The zero-order valence-corrected chi connectivity index (χ0v) is 24.0. The molecule has 0 saturated heterocycles. The molecule has 0 aromatic heterocycles. The Kier molecular flexibility index (Phi) is 13.0. The number of aliphatic carboxylic acids is 1. The fraction of sp³-hybridized carbons (Fsp3) is 0.500. The number of carboxylic acids is 1. The molecule has 1 unspecified atom stereocenters. The van der Waals surface area contributed by atoms with Gasteiger partial charge in [-0.1, -0.05) is 56.1 Å². The zero-order valence-electron chi connectivity index (χ0n) is 22.5. The molecule has 2 aromatic carbocycles. The highest BCUT2D eigenvalue weighted by molar-refractivity contribution is 6.34. The maximum absolute atomic E-state index is 12.9. The van der Waals surface area contributed by atoms with Crippen LogP contribution >= 0.6 is 23.2 Å². The number of hydrogen-bond acceptors (Lipinski definition) is 5. The molecule has 0 saturated carbocycles. The molecule has 0 aliphatic rings. The summed E-state index contributed by atoms with van der Waals surface area (Å²) in [5.41, 5.74) is 0.790. The smallest absolute Gasteiger partial charge is 0.333 e. The summed E-state index contributed by atoms with van der Waals surface area (Å²) < 4.78 is 16.9. The van der Waals surface area contributed by atoms with Crippen molar-refractivity contribution < 1.29 is 28.9 Å². The van der Waals surface area contributed by atoms with E-state index in [2.05, 4.69) is 26.1 Å². The third-order valence-corrected chi connectivity index (χ3v) is 5.79. The van der Waals surface area contributed by atoms with Gasteiger partial charge in [0.1, 0.15) is 18.1 Å². The van der Waals surface area contributed by atoms with E-state index in [1.54, 1.807) is 42.2 Å². The van der Waals surface area contributed by atoms with Crippen molar-refractivity contribution in [3.05, 3.63) is 58.1 Å². The van der Waals surface area contributed by atoms with Crippen molar-refractivity contribution in [2.24, 2.45) is 5.41 Å². The minimum Gasteiger partial charge on any atom is -0.493 e. The molecule has 0 fully saturated rings. The van der Waals surface area contributed by atoms with Crippen molar-refractivity contribution in [2.45, 2.75) is 46.6 Å². The van der Waals surface area contributed by atoms with Crippen molar-refractivity contribution >= 4 is 35.2 Å². The molecule has 2 N–H and O–H groups in total. The number of hydrogen-bond donors (Lipinski definition) is 2. The third kappa shape index (κ3) is 12.2. The van der Waals surface area contributed by atoms with E-state index in [0.29, 0.717) is 67.4 Å². The number of carbonyl (C=O) groups is 2. The highest BCUT2D eigenvalue weighted by Crippen LogP contribution is 2.24. The van der Waals surface area contributed by atoms with E-state index < -0.39 is 12.1 Å². The molecule has 0 bridgehead atoms. The summed E-state index contributed by atoms with van der Waals surface area (Å²) in [6.07, 6.45) is -0.00663. The summed E-state index contributed by atoms with van der Waals surface area (Å²) in [5.74, 6) is 0.223. The van der Waals surface area contributed by atoms with Crippen molar-refractivity contribution in [3.8, 4) is 11.5 Å². The SMILES string of the molecule is CCOC(Cc1ccc(OCCN(CCCOc2cc(Cl)cc(Cl)c2)C(=O)NCC(C)(C)C)cc1)C(=O)O. The molecule has 1 atom stereocenters. The normalized spacial score (nSPS) is 12.1.